The molecule has 3 rings (SSSR count). The first-order valence-electron chi connectivity index (χ1n) is 7.07. The minimum atomic E-state index is -0.463. The first kappa shape index (κ1) is 14.9. The van der Waals surface area contributed by atoms with E-state index in [9.17, 15) is 14.0 Å². The highest BCUT2D eigenvalue weighted by atomic mass is 19.1. The molecule has 6 heteroatoms. The lowest BCUT2D eigenvalue weighted by Gasteiger charge is -2.12. The molecule has 5 nitrogen and oxygen atoms in total. The van der Waals surface area contributed by atoms with Crippen LogP contribution in [0.25, 0.3) is 10.9 Å². The molecule has 1 aromatic heterocycles. The van der Waals surface area contributed by atoms with Gasteiger partial charge in [-0.3, -0.25) is 15.0 Å². The van der Waals surface area contributed by atoms with Crippen molar-refractivity contribution in [1.29, 1.82) is 0 Å². The number of hydrogen-bond donors (Lipinski definition) is 1. The summed E-state index contributed by atoms with van der Waals surface area (Å²) in [6, 6.07) is 12.9. The van der Waals surface area contributed by atoms with Crippen LogP contribution in [0, 0.1) is 12.7 Å². The van der Waals surface area contributed by atoms with Crippen molar-refractivity contribution < 1.29 is 9.18 Å². The van der Waals surface area contributed by atoms with Gasteiger partial charge in [0.1, 0.15) is 11.6 Å². The number of nitrogens with zero attached hydrogens (tertiary/aromatic N) is 2. The van der Waals surface area contributed by atoms with E-state index in [1.54, 1.807) is 6.92 Å². The van der Waals surface area contributed by atoms with Crippen LogP contribution in [-0.4, -0.2) is 15.6 Å². The maximum Gasteiger partial charge on any atom is 0.280 e. The SMILES string of the molecule is Cc1nc2cc(F)ccc2c(=O)n1NC(=O)Cc1ccccc1. The lowest BCUT2D eigenvalue weighted by Crippen LogP contribution is -2.36. The zero-order chi connectivity index (χ0) is 16.4. The number of aryl methyl sites for hydroxylation is 1. The Kier molecular flexibility index (Phi) is 3.89. The highest BCUT2D eigenvalue weighted by Crippen LogP contribution is 2.10. The maximum atomic E-state index is 13.2. The Bertz CT molecular complexity index is 936. The Hall–Kier alpha value is -3.02. The smallest absolute Gasteiger partial charge is 0.273 e. The number of benzene rings is 2. The molecule has 0 unspecified atom stereocenters. The molecule has 1 N–H and O–H groups in total. The number of hydrogen-bond acceptors (Lipinski definition) is 3. The van der Waals surface area contributed by atoms with Gasteiger partial charge in [-0.05, 0) is 24.6 Å². The summed E-state index contributed by atoms with van der Waals surface area (Å²) in [6.45, 7) is 1.58. The van der Waals surface area contributed by atoms with E-state index >= 15 is 0 Å². The Labute approximate surface area is 131 Å². The summed E-state index contributed by atoms with van der Waals surface area (Å²) < 4.78 is 14.3. The zero-order valence-corrected chi connectivity index (χ0v) is 12.4. The van der Waals surface area contributed by atoms with Crippen LogP contribution in [-0.2, 0) is 11.2 Å². The Morgan fingerprint density at radius 3 is 2.70 bits per heavy atom. The Morgan fingerprint density at radius 1 is 1.22 bits per heavy atom. The summed E-state index contributed by atoms with van der Waals surface area (Å²) >= 11 is 0. The molecule has 3 aromatic rings. The van der Waals surface area contributed by atoms with Gasteiger partial charge in [0.25, 0.3) is 5.56 Å². The van der Waals surface area contributed by atoms with Crippen molar-refractivity contribution in [1.82, 2.24) is 9.66 Å². The molecule has 2 aromatic carbocycles. The van der Waals surface area contributed by atoms with Crippen LogP contribution < -0.4 is 11.0 Å². The van der Waals surface area contributed by atoms with Gasteiger partial charge in [0, 0.05) is 6.07 Å². The van der Waals surface area contributed by atoms with E-state index in [1.807, 2.05) is 30.3 Å². The van der Waals surface area contributed by atoms with Crippen molar-refractivity contribution in [3.63, 3.8) is 0 Å². The molecule has 23 heavy (non-hydrogen) atoms. The highest BCUT2D eigenvalue weighted by molar-refractivity contribution is 5.86. The summed E-state index contributed by atoms with van der Waals surface area (Å²) in [4.78, 5) is 28.7. The fraction of sp³-hybridized carbons (Fsp3) is 0.118. The van der Waals surface area contributed by atoms with Crippen molar-refractivity contribution in [2.45, 2.75) is 13.3 Å². The van der Waals surface area contributed by atoms with Gasteiger partial charge in [-0.15, -0.1) is 0 Å². The molecule has 0 bridgehead atoms. The molecule has 1 amide bonds. The van der Waals surface area contributed by atoms with Crippen molar-refractivity contribution in [3.8, 4) is 0 Å². The molecule has 0 aliphatic carbocycles. The quantitative estimate of drug-likeness (QED) is 0.806. The number of carbonyl (C=O) groups is 1. The van der Waals surface area contributed by atoms with Crippen molar-refractivity contribution in [2.24, 2.45) is 0 Å². The van der Waals surface area contributed by atoms with Crippen LogP contribution in [0.2, 0.25) is 0 Å². The van der Waals surface area contributed by atoms with Gasteiger partial charge in [0.2, 0.25) is 5.91 Å². The van der Waals surface area contributed by atoms with Crippen molar-refractivity contribution in [3.05, 3.63) is 76.1 Å². The Morgan fingerprint density at radius 2 is 1.96 bits per heavy atom. The fourth-order valence-corrected chi connectivity index (χ4v) is 2.35. The lowest BCUT2D eigenvalue weighted by atomic mass is 10.1. The number of fused-ring (bicyclic) bond motifs is 1. The summed E-state index contributed by atoms with van der Waals surface area (Å²) in [5.74, 6) is -0.506. The van der Waals surface area contributed by atoms with Gasteiger partial charge in [0.05, 0.1) is 17.3 Å². The van der Waals surface area contributed by atoms with E-state index < -0.39 is 11.4 Å². The van der Waals surface area contributed by atoms with Gasteiger partial charge < -0.3 is 0 Å². The van der Waals surface area contributed by atoms with Crippen LogP contribution in [0.15, 0.2) is 53.3 Å². The second-order valence-corrected chi connectivity index (χ2v) is 5.16. The zero-order valence-electron chi connectivity index (χ0n) is 12.4. The van der Waals surface area contributed by atoms with Crippen LogP contribution in [0.4, 0.5) is 4.39 Å². The highest BCUT2D eigenvalue weighted by Gasteiger charge is 2.11. The van der Waals surface area contributed by atoms with Crippen molar-refractivity contribution >= 4 is 16.8 Å². The summed E-state index contributed by atoms with van der Waals surface area (Å²) in [5, 5.41) is 0.247. The van der Waals surface area contributed by atoms with E-state index in [0.717, 1.165) is 10.2 Å². The van der Waals surface area contributed by atoms with E-state index in [-0.39, 0.29) is 29.1 Å². The monoisotopic (exact) mass is 311 g/mol. The maximum absolute atomic E-state index is 13.2. The van der Waals surface area contributed by atoms with Crippen LogP contribution in [0.5, 0.6) is 0 Å². The topological polar surface area (TPSA) is 64.0 Å². The molecule has 0 saturated heterocycles. The van der Waals surface area contributed by atoms with Gasteiger partial charge in [0.15, 0.2) is 0 Å². The van der Waals surface area contributed by atoms with E-state index in [0.29, 0.717) is 0 Å². The standard InChI is InChI=1S/C17H14FN3O2/c1-11-19-15-10-13(18)7-8-14(15)17(23)21(11)20-16(22)9-12-5-3-2-4-6-12/h2-8,10H,9H2,1H3,(H,20,22). The average molecular weight is 311 g/mol. The van der Waals surface area contributed by atoms with Crippen LogP contribution >= 0.6 is 0 Å². The summed E-state index contributed by atoms with van der Waals surface area (Å²) in [6.07, 6.45) is 0.147. The second-order valence-electron chi connectivity index (χ2n) is 5.16. The van der Waals surface area contributed by atoms with E-state index in [1.165, 1.54) is 18.2 Å². The molecule has 0 spiro atoms. The molecule has 0 fully saturated rings. The van der Waals surface area contributed by atoms with Crippen molar-refractivity contribution in [2.75, 3.05) is 5.43 Å². The predicted molar refractivity (Wildman–Crippen MR) is 85.2 cm³/mol. The molecule has 0 atom stereocenters. The molecule has 0 saturated carbocycles. The number of rotatable bonds is 3. The minimum Gasteiger partial charge on any atom is -0.273 e. The van der Waals surface area contributed by atoms with Gasteiger partial charge in [-0.1, -0.05) is 30.3 Å². The lowest BCUT2D eigenvalue weighted by molar-refractivity contribution is -0.116. The molecule has 0 radical (unpaired) electrons. The van der Waals surface area contributed by atoms with E-state index in [2.05, 4.69) is 10.4 Å². The summed E-state index contributed by atoms with van der Waals surface area (Å²) in [7, 11) is 0. The molecular formula is C17H14FN3O2. The number of halogens is 1. The third kappa shape index (κ3) is 3.11. The molecular weight excluding hydrogens is 297 g/mol. The Balaban J connectivity index is 1.92. The van der Waals surface area contributed by atoms with Gasteiger partial charge >= 0.3 is 0 Å². The van der Waals surface area contributed by atoms with Crippen LogP contribution in [0.3, 0.4) is 0 Å². The molecule has 1 heterocycles. The largest absolute Gasteiger partial charge is 0.280 e. The molecule has 0 aliphatic heterocycles. The normalized spacial score (nSPS) is 10.7. The first-order chi connectivity index (χ1) is 11.0. The number of nitrogens with one attached hydrogen (secondary N) is 1. The van der Waals surface area contributed by atoms with Gasteiger partial charge in [-0.25, -0.2) is 14.1 Å². The molecule has 116 valence electrons. The minimum absolute atomic E-state index is 0.147. The number of aromatic nitrogens is 2. The third-order valence-corrected chi connectivity index (χ3v) is 3.44. The number of carbonyl (C=O) groups excluding carboxylic acids is 1. The first-order valence-corrected chi connectivity index (χ1v) is 7.07. The number of amides is 1. The van der Waals surface area contributed by atoms with Crippen LogP contribution in [0.1, 0.15) is 11.4 Å². The second kappa shape index (κ2) is 6.00. The third-order valence-electron chi connectivity index (χ3n) is 3.44. The predicted octanol–water partition coefficient (Wildman–Crippen LogP) is 2.16. The fourth-order valence-electron chi connectivity index (χ4n) is 2.35. The molecule has 0 aliphatic rings. The van der Waals surface area contributed by atoms with E-state index in [4.69, 9.17) is 0 Å². The summed E-state index contributed by atoms with van der Waals surface area (Å²) in [5.41, 5.74) is 3.21. The average Bonchev–Trinajstić information content (AvgIpc) is 2.52. The van der Waals surface area contributed by atoms with Gasteiger partial charge in [-0.2, -0.15) is 0 Å².